The predicted molar refractivity (Wildman–Crippen MR) is 112 cm³/mol. The molecular formula is C24H24N2O. The Bertz CT molecular complexity index is 874. The lowest BCUT2D eigenvalue weighted by Gasteiger charge is -2.14. The number of carbonyl (C=O) groups is 1. The molecule has 0 aliphatic rings. The van der Waals surface area contributed by atoms with Gasteiger partial charge in [0.05, 0.1) is 11.4 Å². The molecule has 3 rings (SSSR count). The molecule has 3 aromatic carbocycles. The molecule has 0 fully saturated rings. The van der Waals surface area contributed by atoms with Crippen molar-refractivity contribution >= 4 is 17.2 Å². The fourth-order valence-corrected chi connectivity index (χ4v) is 2.96. The van der Waals surface area contributed by atoms with E-state index in [0.717, 1.165) is 28.9 Å². The Labute approximate surface area is 160 Å². The molecule has 0 bridgehead atoms. The summed E-state index contributed by atoms with van der Waals surface area (Å²) < 4.78 is 0. The van der Waals surface area contributed by atoms with Gasteiger partial charge in [0, 0.05) is 12.0 Å². The molecule has 3 aromatic rings. The van der Waals surface area contributed by atoms with Crippen molar-refractivity contribution in [2.75, 3.05) is 5.43 Å². The smallest absolute Gasteiger partial charge is 0.163 e. The van der Waals surface area contributed by atoms with Crippen LogP contribution in [-0.4, -0.2) is 11.5 Å². The van der Waals surface area contributed by atoms with Crippen molar-refractivity contribution in [3.8, 4) is 0 Å². The quantitative estimate of drug-likeness (QED) is 0.315. The van der Waals surface area contributed by atoms with E-state index < -0.39 is 0 Å². The summed E-state index contributed by atoms with van der Waals surface area (Å²) in [6.45, 7) is 2.10. The van der Waals surface area contributed by atoms with Crippen LogP contribution in [0, 0.1) is 5.92 Å². The summed E-state index contributed by atoms with van der Waals surface area (Å²) in [5, 5.41) is 4.64. The minimum Gasteiger partial charge on any atom is -0.294 e. The number of benzene rings is 3. The number of hydrazone groups is 1. The molecule has 0 aromatic heterocycles. The lowest BCUT2D eigenvalue weighted by Crippen LogP contribution is -2.13. The third-order valence-corrected chi connectivity index (χ3v) is 4.37. The van der Waals surface area contributed by atoms with Gasteiger partial charge in [0.25, 0.3) is 0 Å². The number of rotatable bonds is 8. The van der Waals surface area contributed by atoms with Crippen LogP contribution >= 0.6 is 0 Å². The number of ketones is 1. The molecule has 3 heteroatoms. The second-order valence-electron chi connectivity index (χ2n) is 6.70. The second-order valence-corrected chi connectivity index (χ2v) is 6.70. The van der Waals surface area contributed by atoms with Crippen molar-refractivity contribution in [3.05, 3.63) is 102 Å². The van der Waals surface area contributed by atoms with Crippen LogP contribution in [0.3, 0.4) is 0 Å². The molecule has 0 spiro atoms. The number of nitrogens with one attached hydrogen (secondary N) is 1. The van der Waals surface area contributed by atoms with E-state index >= 15 is 0 Å². The van der Waals surface area contributed by atoms with Gasteiger partial charge in [0.2, 0.25) is 0 Å². The summed E-state index contributed by atoms with van der Waals surface area (Å²) in [7, 11) is 0. The highest BCUT2D eigenvalue weighted by Crippen LogP contribution is 2.17. The van der Waals surface area contributed by atoms with E-state index in [0.29, 0.717) is 6.42 Å². The van der Waals surface area contributed by atoms with Gasteiger partial charge in [0.15, 0.2) is 5.78 Å². The average Bonchev–Trinajstić information content (AvgIpc) is 2.73. The van der Waals surface area contributed by atoms with Crippen LogP contribution in [0.25, 0.3) is 0 Å². The highest BCUT2D eigenvalue weighted by atomic mass is 16.1. The van der Waals surface area contributed by atoms with Crippen molar-refractivity contribution in [2.24, 2.45) is 11.0 Å². The monoisotopic (exact) mass is 356 g/mol. The maximum atomic E-state index is 12.5. The van der Waals surface area contributed by atoms with Crippen molar-refractivity contribution in [3.63, 3.8) is 0 Å². The first-order valence-electron chi connectivity index (χ1n) is 9.23. The van der Waals surface area contributed by atoms with E-state index in [-0.39, 0.29) is 11.7 Å². The third-order valence-electron chi connectivity index (χ3n) is 4.37. The molecule has 27 heavy (non-hydrogen) atoms. The Balaban J connectivity index is 1.72. The van der Waals surface area contributed by atoms with Crippen LogP contribution in [0.4, 0.5) is 5.69 Å². The SMILES string of the molecule is CC(CC(=O)c1ccccc1)C/C(=N/Nc1ccccc1)c1ccccc1. The molecule has 0 amide bonds. The molecule has 0 aliphatic carbocycles. The van der Waals surface area contributed by atoms with E-state index in [2.05, 4.69) is 29.6 Å². The fraction of sp³-hybridized carbons (Fsp3) is 0.167. The molecule has 0 aliphatic heterocycles. The highest BCUT2D eigenvalue weighted by molar-refractivity contribution is 6.02. The molecule has 0 radical (unpaired) electrons. The summed E-state index contributed by atoms with van der Waals surface area (Å²) in [6.07, 6.45) is 1.23. The molecule has 1 unspecified atom stereocenters. The third kappa shape index (κ3) is 5.65. The lowest BCUT2D eigenvalue weighted by atomic mass is 9.93. The van der Waals surface area contributed by atoms with Gasteiger partial charge in [-0.25, -0.2) is 0 Å². The van der Waals surface area contributed by atoms with Gasteiger partial charge in [-0.05, 0) is 30.0 Å². The van der Waals surface area contributed by atoms with Crippen molar-refractivity contribution in [2.45, 2.75) is 19.8 Å². The van der Waals surface area contributed by atoms with Gasteiger partial charge in [-0.2, -0.15) is 5.10 Å². The van der Waals surface area contributed by atoms with Crippen LogP contribution in [-0.2, 0) is 0 Å². The zero-order valence-electron chi connectivity index (χ0n) is 15.5. The second kappa shape index (κ2) is 9.48. The van der Waals surface area contributed by atoms with E-state index in [9.17, 15) is 4.79 Å². The van der Waals surface area contributed by atoms with Gasteiger partial charge < -0.3 is 0 Å². The maximum absolute atomic E-state index is 12.5. The first kappa shape index (κ1) is 18.6. The number of anilines is 1. The Morgan fingerprint density at radius 2 is 1.30 bits per heavy atom. The minimum atomic E-state index is 0.173. The molecule has 0 saturated heterocycles. The Morgan fingerprint density at radius 1 is 0.778 bits per heavy atom. The first-order chi connectivity index (χ1) is 13.2. The van der Waals surface area contributed by atoms with E-state index in [1.807, 2.05) is 78.9 Å². The van der Waals surface area contributed by atoms with E-state index in [4.69, 9.17) is 0 Å². The number of Topliss-reactive ketones (excluding diaryl/α,β-unsaturated/α-hetero) is 1. The Hall–Kier alpha value is -3.20. The molecule has 1 N–H and O–H groups in total. The Morgan fingerprint density at radius 3 is 1.89 bits per heavy atom. The van der Waals surface area contributed by atoms with Crippen LogP contribution < -0.4 is 5.43 Å². The molecule has 0 heterocycles. The number of hydrogen-bond acceptors (Lipinski definition) is 3. The summed E-state index contributed by atoms with van der Waals surface area (Å²) in [5.74, 6) is 0.362. The summed E-state index contributed by atoms with van der Waals surface area (Å²) in [4.78, 5) is 12.5. The van der Waals surface area contributed by atoms with Gasteiger partial charge in [-0.15, -0.1) is 0 Å². The van der Waals surface area contributed by atoms with Gasteiger partial charge in [-0.1, -0.05) is 85.8 Å². The number of hydrogen-bond donors (Lipinski definition) is 1. The van der Waals surface area contributed by atoms with Gasteiger partial charge in [-0.3, -0.25) is 10.2 Å². The first-order valence-corrected chi connectivity index (χ1v) is 9.23. The molecule has 0 saturated carbocycles. The number of carbonyl (C=O) groups excluding carboxylic acids is 1. The summed E-state index contributed by atoms with van der Waals surface area (Å²) in [5.41, 5.74) is 6.87. The van der Waals surface area contributed by atoms with Crippen molar-refractivity contribution in [1.82, 2.24) is 0 Å². The van der Waals surface area contributed by atoms with E-state index in [1.165, 1.54) is 0 Å². The zero-order chi connectivity index (χ0) is 18.9. The molecule has 1 atom stereocenters. The zero-order valence-corrected chi connectivity index (χ0v) is 15.5. The Kier molecular flexibility index (Phi) is 6.53. The van der Waals surface area contributed by atoms with Crippen LogP contribution in [0.15, 0.2) is 96.1 Å². The summed E-state index contributed by atoms with van der Waals surface area (Å²) >= 11 is 0. The fourth-order valence-electron chi connectivity index (χ4n) is 2.96. The van der Waals surface area contributed by atoms with Crippen molar-refractivity contribution in [1.29, 1.82) is 0 Å². The minimum absolute atomic E-state index is 0.173. The largest absolute Gasteiger partial charge is 0.294 e. The normalized spacial score (nSPS) is 12.4. The molecule has 3 nitrogen and oxygen atoms in total. The van der Waals surface area contributed by atoms with E-state index in [1.54, 1.807) is 0 Å². The van der Waals surface area contributed by atoms with Gasteiger partial charge in [0.1, 0.15) is 0 Å². The number of nitrogens with zero attached hydrogens (tertiary/aromatic N) is 1. The maximum Gasteiger partial charge on any atom is 0.163 e. The standard InChI is InChI=1S/C24H24N2O/c1-19(18-24(27)21-13-7-3-8-14-21)17-23(20-11-5-2-6-12-20)26-25-22-15-9-4-10-16-22/h2-16,19,25H,17-18H2,1H3/b26-23-. The highest BCUT2D eigenvalue weighted by Gasteiger charge is 2.15. The van der Waals surface area contributed by atoms with Crippen LogP contribution in [0.2, 0.25) is 0 Å². The predicted octanol–water partition coefficient (Wildman–Crippen LogP) is 5.80. The number of para-hydroxylation sites is 1. The van der Waals surface area contributed by atoms with Crippen LogP contribution in [0.1, 0.15) is 35.7 Å². The van der Waals surface area contributed by atoms with Crippen LogP contribution in [0.5, 0.6) is 0 Å². The molecular weight excluding hydrogens is 332 g/mol. The van der Waals surface area contributed by atoms with Crippen molar-refractivity contribution < 1.29 is 4.79 Å². The lowest BCUT2D eigenvalue weighted by molar-refractivity contribution is 0.0966. The average molecular weight is 356 g/mol. The van der Waals surface area contributed by atoms with Gasteiger partial charge >= 0.3 is 0 Å². The summed E-state index contributed by atoms with van der Waals surface area (Å²) in [6, 6.07) is 29.5. The molecule has 136 valence electrons. The topological polar surface area (TPSA) is 41.5 Å².